The zero-order valence-electron chi connectivity index (χ0n) is 17.9. The van der Waals surface area contributed by atoms with Gasteiger partial charge in [-0.25, -0.2) is 8.42 Å². The van der Waals surface area contributed by atoms with Crippen LogP contribution in [0.2, 0.25) is 0 Å². The van der Waals surface area contributed by atoms with Crippen molar-refractivity contribution in [2.24, 2.45) is 0 Å². The summed E-state index contributed by atoms with van der Waals surface area (Å²) in [5.74, 6) is -0.640. The van der Waals surface area contributed by atoms with Crippen LogP contribution in [0.15, 0.2) is 70.3 Å². The average molecular weight is 472 g/mol. The third kappa shape index (κ3) is 5.35. The van der Waals surface area contributed by atoms with Gasteiger partial charge in [-0.15, -0.1) is 11.3 Å². The van der Waals surface area contributed by atoms with Gasteiger partial charge in [0.15, 0.2) is 0 Å². The molecule has 0 bridgehead atoms. The second-order valence-electron chi connectivity index (χ2n) is 7.06. The summed E-state index contributed by atoms with van der Waals surface area (Å²) in [6.45, 7) is 2.61. The lowest BCUT2D eigenvalue weighted by Gasteiger charge is -2.18. The number of rotatable bonds is 9. The Morgan fingerprint density at radius 2 is 1.69 bits per heavy atom. The summed E-state index contributed by atoms with van der Waals surface area (Å²) in [7, 11) is -2.18. The molecule has 0 aliphatic rings. The van der Waals surface area contributed by atoms with Crippen molar-refractivity contribution in [3.63, 3.8) is 0 Å². The summed E-state index contributed by atoms with van der Waals surface area (Å²) < 4.78 is 26.8. The van der Waals surface area contributed by atoms with E-state index < -0.39 is 15.9 Å². The third-order valence-electron chi connectivity index (χ3n) is 4.84. The Balaban J connectivity index is 1.73. The van der Waals surface area contributed by atoms with Gasteiger partial charge in [0, 0.05) is 19.2 Å². The van der Waals surface area contributed by atoms with Crippen LogP contribution in [0.3, 0.4) is 0 Å². The maximum atomic E-state index is 12.7. The number of nitrogens with one attached hydrogen (secondary N) is 2. The fraction of sp³-hybridized carbons (Fsp3) is 0.217. The molecule has 3 rings (SSSR count). The summed E-state index contributed by atoms with van der Waals surface area (Å²) in [6.07, 6.45) is 1.85. The van der Waals surface area contributed by atoms with Crippen molar-refractivity contribution in [2.45, 2.75) is 24.0 Å². The fourth-order valence-electron chi connectivity index (χ4n) is 2.97. The van der Waals surface area contributed by atoms with E-state index >= 15 is 0 Å². The van der Waals surface area contributed by atoms with E-state index in [9.17, 15) is 18.0 Å². The first-order valence-corrected chi connectivity index (χ1v) is 12.5. The second-order valence-corrected chi connectivity index (χ2v) is 10.2. The number of anilines is 2. The van der Waals surface area contributed by atoms with E-state index in [4.69, 9.17) is 0 Å². The first-order valence-electron chi connectivity index (χ1n) is 10.2. The van der Waals surface area contributed by atoms with Crippen molar-refractivity contribution in [1.29, 1.82) is 0 Å². The zero-order valence-corrected chi connectivity index (χ0v) is 19.5. The molecule has 7 nitrogen and oxygen atoms in total. The maximum absolute atomic E-state index is 12.7. The molecule has 0 unspecified atom stereocenters. The molecule has 1 aromatic heterocycles. The topological polar surface area (TPSA) is 95.6 Å². The summed E-state index contributed by atoms with van der Waals surface area (Å²) in [6, 6.07) is 16.3. The molecular weight excluding hydrogens is 446 g/mol. The molecule has 0 radical (unpaired) electrons. The molecule has 0 fully saturated rings. The first-order chi connectivity index (χ1) is 15.3. The predicted molar refractivity (Wildman–Crippen MR) is 128 cm³/mol. The summed E-state index contributed by atoms with van der Waals surface area (Å²) in [5.41, 5.74) is 1.57. The van der Waals surface area contributed by atoms with Gasteiger partial charge >= 0.3 is 0 Å². The minimum absolute atomic E-state index is 0.245. The molecule has 168 valence electrons. The van der Waals surface area contributed by atoms with E-state index in [1.807, 2.05) is 6.92 Å². The average Bonchev–Trinajstić information content (AvgIpc) is 3.35. The molecule has 32 heavy (non-hydrogen) atoms. The summed E-state index contributed by atoms with van der Waals surface area (Å²) in [5, 5.41) is 7.32. The first kappa shape index (κ1) is 23.5. The number of amides is 2. The number of hydrogen-bond donors (Lipinski definition) is 2. The molecular formula is C23H25N3O4S2. The maximum Gasteiger partial charge on any atom is 0.273 e. The molecule has 1 heterocycles. The molecule has 2 N–H and O–H groups in total. The number of unbranched alkanes of at least 4 members (excludes halogenated alkanes) is 1. The predicted octanol–water partition coefficient (Wildman–Crippen LogP) is 4.36. The lowest BCUT2D eigenvalue weighted by Crippen LogP contribution is -2.26. The number of para-hydroxylation sites is 1. The number of thiophene rings is 1. The van der Waals surface area contributed by atoms with Crippen molar-refractivity contribution in [3.8, 4) is 0 Å². The Labute approximate surface area is 192 Å². The van der Waals surface area contributed by atoms with Gasteiger partial charge in [0.05, 0.1) is 16.9 Å². The normalized spacial score (nSPS) is 11.1. The largest absolute Gasteiger partial charge is 0.352 e. The second kappa shape index (κ2) is 10.4. The van der Waals surface area contributed by atoms with E-state index in [1.165, 1.54) is 11.4 Å². The van der Waals surface area contributed by atoms with Crippen LogP contribution in [0.1, 0.15) is 40.5 Å². The Morgan fingerprint density at radius 1 is 0.969 bits per heavy atom. The zero-order chi connectivity index (χ0) is 23.1. The third-order valence-corrected chi connectivity index (χ3v) is 8.00. The van der Waals surface area contributed by atoms with E-state index in [2.05, 4.69) is 10.6 Å². The molecule has 2 amide bonds. The van der Waals surface area contributed by atoms with Gasteiger partial charge in [0.25, 0.3) is 21.8 Å². The Hall–Kier alpha value is -3.17. The fourth-order valence-corrected chi connectivity index (χ4v) is 5.32. The Morgan fingerprint density at radius 3 is 2.34 bits per heavy atom. The number of benzene rings is 2. The standard InChI is InChI=1S/C23H25N3O4S2/c1-3-4-15-24-23(28)19-8-5-6-9-20(19)25-22(27)17-11-13-18(14-12-17)26(2)32(29,30)21-10-7-16-31-21/h5-14,16H,3-4,15H2,1-2H3,(H,24,28)(H,25,27). The number of carbonyl (C=O) groups is 2. The number of carbonyl (C=O) groups excluding carboxylic acids is 2. The Kier molecular flexibility index (Phi) is 7.66. The van der Waals surface area contributed by atoms with Gasteiger partial charge in [0.1, 0.15) is 4.21 Å². The van der Waals surface area contributed by atoms with Crippen LogP contribution >= 0.6 is 11.3 Å². The number of sulfonamides is 1. The van der Waals surface area contributed by atoms with Gasteiger partial charge in [-0.2, -0.15) is 0 Å². The molecule has 0 saturated heterocycles. The van der Waals surface area contributed by atoms with E-state index in [0.717, 1.165) is 24.2 Å². The highest BCUT2D eigenvalue weighted by atomic mass is 32.2. The number of nitrogens with zero attached hydrogens (tertiary/aromatic N) is 1. The highest BCUT2D eigenvalue weighted by molar-refractivity contribution is 7.94. The Bertz CT molecular complexity index is 1170. The molecule has 0 spiro atoms. The summed E-state index contributed by atoms with van der Waals surface area (Å²) in [4.78, 5) is 25.2. The van der Waals surface area contributed by atoms with Gasteiger partial charge in [-0.3, -0.25) is 13.9 Å². The van der Waals surface area contributed by atoms with Crippen molar-refractivity contribution < 1.29 is 18.0 Å². The smallest absolute Gasteiger partial charge is 0.273 e. The molecule has 9 heteroatoms. The lowest BCUT2D eigenvalue weighted by molar-refractivity contribution is 0.0954. The molecule has 0 atom stereocenters. The quantitative estimate of drug-likeness (QED) is 0.454. The van der Waals surface area contributed by atoms with E-state index in [1.54, 1.807) is 66.0 Å². The van der Waals surface area contributed by atoms with Gasteiger partial charge in [0.2, 0.25) is 0 Å². The highest BCUT2D eigenvalue weighted by Crippen LogP contribution is 2.25. The van der Waals surface area contributed by atoms with Crippen LogP contribution in [0, 0.1) is 0 Å². The monoisotopic (exact) mass is 471 g/mol. The molecule has 0 aliphatic carbocycles. The van der Waals surface area contributed by atoms with Crippen LogP contribution in [0.25, 0.3) is 0 Å². The minimum atomic E-state index is -3.65. The van der Waals surface area contributed by atoms with E-state index in [0.29, 0.717) is 29.0 Å². The van der Waals surface area contributed by atoms with Crippen LogP contribution in [-0.2, 0) is 10.0 Å². The highest BCUT2D eigenvalue weighted by Gasteiger charge is 2.22. The van der Waals surface area contributed by atoms with Gasteiger partial charge < -0.3 is 10.6 Å². The van der Waals surface area contributed by atoms with Crippen LogP contribution in [0.4, 0.5) is 11.4 Å². The molecule has 3 aromatic rings. The van der Waals surface area contributed by atoms with Crippen molar-refractivity contribution in [1.82, 2.24) is 5.32 Å². The van der Waals surface area contributed by atoms with Crippen LogP contribution in [0.5, 0.6) is 0 Å². The van der Waals surface area contributed by atoms with Gasteiger partial charge in [-0.05, 0) is 54.3 Å². The van der Waals surface area contributed by atoms with Gasteiger partial charge in [-0.1, -0.05) is 31.5 Å². The van der Waals surface area contributed by atoms with E-state index in [-0.39, 0.29) is 10.1 Å². The lowest BCUT2D eigenvalue weighted by atomic mass is 10.1. The molecule has 2 aromatic carbocycles. The molecule has 0 aliphatic heterocycles. The van der Waals surface area contributed by atoms with Crippen molar-refractivity contribution in [2.75, 3.05) is 23.2 Å². The minimum Gasteiger partial charge on any atom is -0.352 e. The SMILES string of the molecule is CCCCNC(=O)c1ccccc1NC(=O)c1ccc(N(C)S(=O)(=O)c2cccs2)cc1. The summed E-state index contributed by atoms with van der Waals surface area (Å²) >= 11 is 1.15. The van der Waals surface area contributed by atoms with Crippen LogP contribution < -0.4 is 14.9 Å². The van der Waals surface area contributed by atoms with Crippen molar-refractivity contribution >= 4 is 44.5 Å². The number of hydrogen-bond acceptors (Lipinski definition) is 5. The van der Waals surface area contributed by atoms with Crippen molar-refractivity contribution in [3.05, 3.63) is 77.2 Å². The molecule has 0 saturated carbocycles. The van der Waals surface area contributed by atoms with Crippen LogP contribution in [-0.4, -0.2) is 33.8 Å².